The first-order valence-electron chi connectivity index (χ1n) is 5.85. The van der Waals surface area contributed by atoms with Crippen molar-refractivity contribution in [1.82, 2.24) is 0 Å². The van der Waals surface area contributed by atoms with Crippen LogP contribution in [0.2, 0.25) is 0 Å². The maximum atomic E-state index is 12.2. The number of methoxy groups -OCH3 is 1. The van der Waals surface area contributed by atoms with Gasteiger partial charge in [-0.05, 0) is 71.5 Å². The molecule has 0 aliphatic rings. The molecule has 0 bridgehead atoms. The van der Waals surface area contributed by atoms with Gasteiger partial charge in [-0.3, -0.25) is 4.72 Å². The third-order valence-electron chi connectivity index (χ3n) is 2.79. The third kappa shape index (κ3) is 3.43. The highest BCUT2D eigenvalue weighted by Gasteiger charge is 2.14. The molecule has 0 radical (unpaired) electrons. The van der Waals surface area contributed by atoms with Gasteiger partial charge in [0.25, 0.3) is 10.0 Å². The number of ether oxygens (including phenoxy) is 1. The van der Waals surface area contributed by atoms with Gasteiger partial charge in [0.05, 0.1) is 12.0 Å². The number of hydrogen-bond donors (Lipinski definition) is 1. The maximum Gasteiger partial charge on any atom is 0.261 e. The van der Waals surface area contributed by atoms with Crippen LogP contribution in [-0.2, 0) is 10.0 Å². The number of anilines is 1. The van der Waals surface area contributed by atoms with Gasteiger partial charge in [-0.2, -0.15) is 0 Å². The number of rotatable bonds is 4. The van der Waals surface area contributed by atoms with E-state index in [1.165, 1.54) is 19.2 Å². The van der Waals surface area contributed by atoms with Crippen molar-refractivity contribution in [2.75, 3.05) is 11.8 Å². The number of benzene rings is 2. The molecule has 0 spiro atoms. The van der Waals surface area contributed by atoms with Crippen LogP contribution in [0.1, 0.15) is 5.56 Å². The normalized spacial score (nSPS) is 11.2. The van der Waals surface area contributed by atoms with Crippen molar-refractivity contribution in [3.05, 3.63) is 51.6 Å². The lowest BCUT2D eigenvalue weighted by Crippen LogP contribution is -2.13. The highest BCUT2D eigenvalue weighted by atomic mass is 127. The zero-order valence-corrected chi connectivity index (χ0v) is 14.0. The summed E-state index contributed by atoms with van der Waals surface area (Å²) in [5, 5.41) is 0. The van der Waals surface area contributed by atoms with Crippen LogP contribution in [0.15, 0.2) is 47.4 Å². The van der Waals surface area contributed by atoms with Crippen molar-refractivity contribution in [2.24, 2.45) is 0 Å². The van der Waals surface area contributed by atoms with Crippen LogP contribution in [0.5, 0.6) is 5.75 Å². The molecule has 1 N–H and O–H groups in total. The van der Waals surface area contributed by atoms with Crippen LogP contribution in [-0.4, -0.2) is 15.5 Å². The zero-order valence-electron chi connectivity index (χ0n) is 11.1. The van der Waals surface area contributed by atoms with E-state index >= 15 is 0 Å². The molecular weight excluding hydrogens is 389 g/mol. The van der Waals surface area contributed by atoms with Crippen molar-refractivity contribution in [3.63, 3.8) is 0 Å². The van der Waals surface area contributed by atoms with E-state index in [1.807, 2.05) is 13.0 Å². The molecule has 4 nitrogen and oxygen atoms in total. The first kappa shape index (κ1) is 15.1. The van der Waals surface area contributed by atoms with Crippen LogP contribution in [0.4, 0.5) is 5.69 Å². The van der Waals surface area contributed by atoms with Crippen LogP contribution in [0.25, 0.3) is 0 Å². The molecule has 106 valence electrons. The van der Waals surface area contributed by atoms with E-state index in [9.17, 15) is 8.42 Å². The Kier molecular flexibility index (Phi) is 4.54. The molecular formula is C14H14INO3S. The smallest absolute Gasteiger partial charge is 0.261 e. The van der Waals surface area contributed by atoms with E-state index < -0.39 is 10.0 Å². The lowest BCUT2D eigenvalue weighted by Gasteiger charge is -2.10. The quantitative estimate of drug-likeness (QED) is 0.797. The highest BCUT2D eigenvalue weighted by Crippen LogP contribution is 2.21. The lowest BCUT2D eigenvalue weighted by molar-refractivity contribution is 0.414. The predicted octanol–water partition coefficient (Wildman–Crippen LogP) is 3.41. The van der Waals surface area contributed by atoms with Gasteiger partial charge in [0.2, 0.25) is 0 Å². The molecule has 0 aliphatic heterocycles. The molecule has 20 heavy (non-hydrogen) atoms. The number of nitrogens with one attached hydrogen (secondary N) is 1. The minimum Gasteiger partial charge on any atom is -0.497 e. The Morgan fingerprint density at radius 2 is 1.75 bits per heavy atom. The number of hydrogen-bond acceptors (Lipinski definition) is 3. The van der Waals surface area contributed by atoms with Gasteiger partial charge in [-0.15, -0.1) is 0 Å². The van der Waals surface area contributed by atoms with Crippen molar-refractivity contribution in [1.29, 1.82) is 0 Å². The van der Waals surface area contributed by atoms with Crippen molar-refractivity contribution in [2.45, 2.75) is 11.8 Å². The van der Waals surface area contributed by atoms with Crippen LogP contribution in [0.3, 0.4) is 0 Å². The van der Waals surface area contributed by atoms with Crippen molar-refractivity contribution >= 4 is 38.3 Å². The van der Waals surface area contributed by atoms with E-state index in [1.54, 1.807) is 24.3 Å². The summed E-state index contributed by atoms with van der Waals surface area (Å²) in [6.07, 6.45) is 0. The molecule has 2 aromatic carbocycles. The Bertz CT molecular complexity index is 712. The summed E-state index contributed by atoms with van der Waals surface area (Å²) in [6.45, 7) is 1.98. The van der Waals surface area contributed by atoms with Crippen LogP contribution >= 0.6 is 22.6 Å². The fourth-order valence-corrected chi connectivity index (χ4v) is 3.19. The van der Waals surface area contributed by atoms with Gasteiger partial charge in [0.15, 0.2) is 0 Å². The minimum absolute atomic E-state index is 0.203. The molecule has 0 saturated carbocycles. The van der Waals surface area contributed by atoms with Crippen LogP contribution < -0.4 is 9.46 Å². The fourth-order valence-electron chi connectivity index (χ4n) is 1.63. The molecule has 2 rings (SSSR count). The summed E-state index contributed by atoms with van der Waals surface area (Å²) in [5.41, 5.74) is 1.66. The van der Waals surface area contributed by atoms with Gasteiger partial charge >= 0.3 is 0 Å². The van der Waals surface area contributed by atoms with E-state index in [0.717, 1.165) is 9.13 Å². The molecule has 0 heterocycles. The SMILES string of the molecule is COc1ccc(S(=O)(=O)Nc2ccc(C)c(I)c2)cc1. The summed E-state index contributed by atoms with van der Waals surface area (Å²) in [4.78, 5) is 0.203. The average molecular weight is 403 g/mol. The molecule has 2 aromatic rings. The zero-order chi connectivity index (χ0) is 14.8. The fraction of sp³-hybridized carbons (Fsp3) is 0.143. The second-order valence-corrected chi connectivity index (χ2v) is 7.09. The molecule has 0 aliphatic carbocycles. The Morgan fingerprint density at radius 3 is 2.30 bits per heavy atom. The summed E-state index contributed by atoms with van der Waals surface area (Å²) in [5.74, 6) is 0.619. The molecule has 0 fully saturated rings. The first-order chi connectivity index (χ1) is 9.42. The van der Waals surface area contributed by atoms with Gasteiger partial charge in [0.1, 0.15) is 5.75 Å². The Labute approximate surface area is 132 Å². The second kappa shape index (κ2) is 6.01. The van der Waals surface area contributed by atoms with Gasteiger partial charge in [0, 0.05) is 9.26 Å². The van der Waals surface area contributed by atoms with Crippen molar-refractivity contribution in [3.8, 4) is 5.75 Å². The van der Waals surface area contributed by atoms with E-state index in [2.05, 4.69) is 27.3 Å². The molecule has 0 saturated heterocycles. The average Bonchev–Trinajstić information content (AvgIpc) is 2.43. The first-order valence-corrected chi connectivity index (χ1v) is 8.41. The Morgan fingerprint density at radius 1 is 1.10 bits per heavy atom. The highest BCUT2D eigenvalue weighted by molar-refractivity contribution is 14.1. The summed E-state index contributed by atoms with van der Waals surface area (Å²) in [7, 11) is -2.04. The van der Waals surface area contributed by atoms with E-state index in [-0.39, 0.29) is 4.90 Å². The Balaban J connectivity index is 2.27. The summed E-state index contributed by atoms with van der Waals surface area (Å²) >= 11 is 2.17. The second-order valence-electron chi connectivity index (χ2n) is 4.24. The summed E-state index contributed by atoms with van der Waals surface area (Å²) < 4.78 is 33.1. The van der Waals surface area contributed by atoms with Gasteiger partial charge in [-0.1, -0.05) is 6.07 Å². The van der Waals surface area contributed by atoms with Gasteiger partial charge < -0.3 is 4.74 Å². The molecule has 0 atom stereocenters. The monoisotopic (exact) mass is 403 g/mol. The minimum atomic E-state index is -3.58. The van der Waals surface area contributed by atoms with Crippen LogP contribution in [0, 0.1) is 10.5 Å². The number of sulfonamides is 1. The van der Waals surface area contributed by atoms with Crippen molar-refractivity contribution < 1.29 is 13.2 Å². The van der Waals surface area contributed by atoms with E-state index in [0.29, 0.717) is 11.4 Å². The number of halogens is 1. The predicted molar refractivity (Wildman–Crippen MR) is 87.7 cm³/mol. The lowest BCUT2D eigenvalue weighted by atomic mass is 10.2. The maximum absolute atomic E-state index is 12.2. The third-order valence-corrected chi connectivity index (χ3v) is 5.35. The molecule has 0 unspecified atom stereocenters. The molecule has 6 heteroatoms. The Hall–Kier alpha value is -1.28. The standard InChI is InChI=1S/C14H14INO3S/c1-10-3-4-11(9-14(10)15)16-20(17,18)13-7-5-12(19-2)6-8-13/h3-9,16H,1-2H3. The molecule has 0 amide bonds. The largest absolute Gasteiger partial charge is 0.497 e. The topological polar surface area (TPSA) is 55.4 Å². The number of aryl methyl sites for hydroxylation is 1. The van der Waals surface area contributed by atoms with Gasteiger partial charge in [-0.25, -0.2) is 8.42 Å². The molecule has 0 aromatic heterocycles. The van der Waals surface area contributed by atoms with E-state index in [4.69, 9.17) is 4.74 Å². The summed E-state index contributed by atoms with van der Waals surface area (Å²) in [6, 6.07) is 11.7.